The molecule has 2 N–H and O–H groups in total. The quantitative estimate of drug-likeness (QED) is 0.778. The highest BCUT2D eigenvalue weighted by molar-refractivity contribution is 4.78. The number of hydrogen-bond acceptors (Lipinski definition) is 3. The monoisotopic (exact) mass is 254 g/mol. The molecule has 0 aromatic heterocycles. The minimum atomic E-state index is -4.52. The van der Waals surface area contributed by atoms with Gasteiger partial charge in [0.15, 0.2) is 6.10 Å². The highest BCUT2D eigenvalue weighted by atomic mass is 19.4. The summed E-state index contributed by atoms with van der Waals surface area (Å²) in [5.74, 6) is 0. The van der Waals surface area contributed by atoms with Gasteiger partial charge in [-0.2, -0.15) is 13.2 Å². The van der Waals surface area contributed by atoms with Gasteiger partial charge in [-0.25, -0.2) is 0 Å². The molecule has 0 amide bonds. The van der Waals surface area contributed by atoms with Crippen molar-refractivity contribution < 1.29 is 18.3 Å². The van der Waals surface area contributed by atoms with Crippen LogP contribution in [-0.2, 0) is 0 Å². The molecule has 0 aromatic carbocycles. The summed E-state index contributed by atoms with van der Waals surface area (Å²) in [4.78, 5) is 1.65. The van der Waals surface area contributed by atoms with Crippen LogP contribution in [0.5, 0.6) is 0 Å². The molecule has 102 valence electrons. The highest BCUT2D eigenvalue weighted by Crippen LogP contribution is 2.21. The Labute approximate surface area is 100.0 Å². The van der Waals surface area contributed by atoms with Gasteiger partial charge in [-0.05, 0) is 25.9 Å². The van der Waals surface area contributed by atoms with Crippen LogP contribution in [0.15, 0.2) is 0 Å². The summed E-state index contributed by atoms with van der Waals surface area (Å²) in [6.07, 6.45) is -3.51. The van der Waals surface area contributed by atoms with Gasteiger partial charge >= 0.3 is 6.18 Å². The third-order valence-corrected chi connectivity index (χ3v) is 3.15. The third-order valence-electron chi connectivity index (χ3n) is 3.15. The van der Waals surface area contributed by atoms with E-state index in [1.165, 1.54) is 0 Å². The number of alkyl halides is 3. The number of piperidine rings is 1. The molecule has 0 spiro atoms. The molecule has 1 fully saturated rings. The van der Waals surface area contributed by atoms with E-state index in [1.807, 2.05) is 6.92 Å². The van der Waals surface area contributed by atoms with E-state index in [1.54, 1.807) is 4.90 Å². The van der Waals surface area contributed by atoms with Crippen molar-refractivity contribution in [2.45, 2.75) is 44.5 Å². The van der Waals surface area contributed by atoms with Crippen LogP contribution < -0.4 is 5.32 Å². The van der Waals surface area contributed by atoms with E-state index in [-0.39, 0.29) is 12.6 Å². The Bertz CT molecular complexity index is 217. The molecule has 0 aromatic rings. The van der Waals surface area contributed by atoms with Gasteiger partial charge in [0.25, 0.3) is 0 Å². The SMILES string of the molecule is CCN(CC1CCCCN1)CC(O)C(F)(F)F. The first-order valence-electron chi connectivity index (χ1n) is 6.14. The Balaban J connectivity index is 2.37. The largest absolute Gasteiger partial charge is 0.415 e. The van der Waals surface area contributed by atoms with Gasteiger partial charge < -0.3 is 10.4 Å². The maximum atomic E-state index is 12.2. The molecule has 1 saturated heterocycles. The molecule has 6 heteroatoms. The Hall–Kier alpha value is -0.330. The van der Waals surface area contributed by atoms with Crippen LogP contribution in [0.3, 0.4) is 0 Å². The summed E-state index contributed by atoms with van der Waals surface area (Å²) in [6.45, 7) is 3.50. The first-order chi connectivity index (χ1) is 7.93. The van der Waals surface area contributed by atoms with Gasteiger partial charge in [-0.3, -0.25) is 4.90 Å². The summed E-state index contributed by atoms with van der Waals surface area (Å²) in [5.41, 5.74) is 0. The molecule has 17 heavy (non-hydrogen) atoms. The standard InChI is InChI=1S/C11H21F3N2O/c1-2-16(8-10(17)11(12,13)14)7-9-5-3-4-6-15-9/h9-10,15,17H,2-8H2,1H3. The number of aliphatic hydroxyl groups is 1. The molecule has 1 heterocycles. The molecule has 1 rings (SSSR count). The molecule has 0 bridgehead atoms. The lowest BCUT2D eigenvalue weighted by molar-refractivity contribution is -0.208. The minimum Gasteiger partial charge on any atom is -0.382 e. The maximum absolute atomic E-state index is 12.2. The summed E-state index contributed by atoms with van der Waals surface area (Å²) in [5, 5.41) is 12.3. The van der Waals surface area contributed by atoms with E-state index >= 15 is 0 Å². The van der Waals surface area contributed by atoms with E-state index < -0.39 is 12.3 Å². The highest BCUT2D eigenvalue weighted by Gasteiger charge is 2.39. The zero-order chi connectivity index (χ0) is 12.9. The lowest BCUT2D eigenvalue weighted by Crippen LogP contribution is -2.48. The average molecular weight is 254 g/mol. The van der Waals surface area contributed by atoms with Crippen LogP contribution in [0, 0.1) is 0 Å². The van der Waals surface area contributed by atoms with E-state index in [0.717, 1.165) is 25.8 Å². The molecule has 2 unspecified atom stereocenters. The van der Waals surface area contributed by atoms with E-state index in [4.69, 9.17) is 5.11 Å². The number of hydrogen-bond donors (Lipinski definition) is 2. The Kier molecular flexibility index (Phi) is 5.69. The fourth-order valence-electron chi connectivity index (χ4n) is 2.07. The van der Waals surface area contributed by atoms with Crippen molar-refractivity contribution >= 4 is 0 Å². The van der Waals surface area contributed by atoms with Gasteiger partial charge in [0, 0.05) is 19.1 Å². The topological polar surface area (TPSA) is 35.5 Å². The van der Waals surface area contributed by atoms with Crippen LogP contribution in [0.25, 0.3) is 0 Å². The first-order valence-corrected chi connectivity index (χ1v) is 6.14. The van der Waals surface area contributed by atoms with Crippen molar-refractivity contribution in [2.75, 3.05) is 26.2 Å². The van der Waals surface area contributed by atoms with Crippen molar-refractivity contribution in [1.29, 1.82) is 0 Å². The number of aliphatic hydroxyl groups excluding tert-OH is 1. The number of nitrogens with one attached hydrogen (secondary N) is 1. The van der Waals surface area contributed by atoms with Crippen molar-refractivity contribution in [1.82, 2.24) is 10.2 Å². The Morgan fingerprint density at radius 3 is 2.59 bits per heavy atom. The van der Waals surface area contributed by atoms with Gasteiger partial charge in [0.05, 0.1) is 0 Å². The minimum absolute atomic E-state index is 0.254. The maximum Gasteiger partial charge on any atom is 0.415 e. The molecule has 1 aliphatic rings. The Morgan fingerprint density at radius 2 is 2.12 bits per heavy atom. The van der Waals surface area contributed by atoms with Gasteiger partial charge in [0.1, 0.15) is 0 Å². The predicted molar refractivity (Wildman–Crippen MR) is 59.8 cm³/mol. The number of likely N-dealkylation sites (N-methyl/N-ethyl adjacent to an activating group) is 1. The molecule has 1 aliphatic heterocycles. The fraction of sp³-hybridized carbons (Fsp3) is 1.00. The van der Waals surface area contributed by atoms with E-state index in [9.17, 15) is 13.2 Å². The van der Waals surface area contributed by atoms with Crippen LogP contribution in [0.1, 0.15) is 26.2 Å². The van der Waals surface area contributed by atoms with Crippen molar-refractivity contribution in [2.24, 2.45) is 0 Å². The van der Waals surface area contributed by atoms with E-state index in [2.05, 4.69) is 5.32 Å². The van der Waals surface area contributed by atoms with Gasteiger partial charge in [0.2, 0.25) is 0 Å². The molecule has 3 nitrogen and oxygen atoms in total. The predicted octanol–water partition coefficient (Wildman–Crippen LogP) is 1.37. The zero-order valence-corrected chi connectivity index (χ0v) is 10.1. The molecular formula is C11H21F3N2O. The normalized spacial score (nSPS) is 24.0. The second kappa shape index (κ2) is 6.56. The second-order valence-electron chi connectivity index (χ2n) is 4.56. The fourth-order valence-corrected chi connectivity index (χ4v) is 2.07. The molecular weight excluding hydrogens is 233 g/mol. The van der Waals surface area contributed by atoms with Crippen LogP contribution >= 0.6 is 0 Å². The number of nitrogens with zero attached hydrogens (tertiary/aromatic N) is 1. The van der Waals surface area contributed by atoms with Crippen molar-refractivity contribution in [3.8, 4) is 0 Å². The van der Waals surface area contributed by atoms with E-state index in [0.29, 0.717) is 13.1 Å². The summed E-state index contributed by atoms with van der Waals surface area (Å²) in [6, 6.07) is 0.254. The van der Waals surface area contributed by atoms with Gasteiger partial charge in [-0.15, -0.1) is 0 Å². The summed E-state index contributed by atoms with van der Waals surface area (Å²) >= 11 is 0. The molecule has 0 saturated carbocycles. The Morgan fingerprint density at radius 1 is 1.41 bits per heavy atom. The van der Waals surface area contributed by atoms with Crippen LogP contribution in [0.2, 0.25) is 0 Å². The second-order valence-corrected chi connectivity index (χ2v) is 4.56. The summed E-state index contributed by atoms with van der Waals surface area (Å²) in [7, 11) is 0. The lowest BCUT2D eigenvalue weighted by Gasteiger charge is -2.31. The smallest absolute Gasteiger partial charge is 0.382 e. The molecule has 0 radical (unpaired) electrons. The molecule has 0 aliphatic carbocycles. The van der Waals surface area contributed by atoms with Crippen LogP contribution in [0.4, 0.5) is 13.2 Å². The first kappa shape index (κ1) is 14.7. The summed E-state index contributed by atoms with van der Waals surface area (Å²) < 4.78 is 36.7. The lowest BCUT2D eigenvalue weighted by atomic mass is 10.0. The average Bonchev–Trinajstić information content (AvgIpc) is 2.28. The van der Waals surface area contributed by atoms with Crippen LogP contribution in [-0.4, -0.2) is 54.5 Å². The molecule has 2 atom stereocenters. The third kappa shape index (κ3) is 5.23. The van der Waals surface area contributed by atoms with Gasteiger partial charge in [-0.1, -0.05) is 13.3 Å². The van der Waals surface area contributed by atoms with Crippen molar-refractivity contribution in [3.05, 3.63) is 0 Å². The number of halogens is 3. The zero-order valence-electron chi connectivity index (χ0n) is 10.1. The number of rotatable bonds is 5. The van der Waals surface area contributed by atoms with Crippen molar-refractivity contribution in [3.63, 3.8) is 0 Å².